The van der Waals surface area contributed by atoms with E-state index in [0.29, 0.717) is 41.0 Å². The van der Waals surface area contributed by atoms with Crippen molar-refractivity contribution < 1.29 is 19.1 Å². The molecule has 0 spiro atoms. The maximum absolute atomic E-state index is 13.3. The summed E-state index contributed by atoms with van der Waals surface area (Å²) in [6, 6.07) is 11.1. The van der Waals surface area contributed by atoms with Crippen molar-refractivity contribution in [2.75, 3.05) is 44.2 Å². The molecule has 2 amide bonds. The van der Waals surface area contributed by atoms with Gasteiger partial charge in [0.05, 0.1) is 16.1 Å². The number of piperazine rings is 1. The largest absolute Gasteiger partial charge is 0.489 e. The first-order valence-corrected chi connectivity index (χ1v) is 15.6. The zero-order chi connectivity index (χ0) is 32.0. The minimum Gasteiger partial charge on any atom is -0.489 e. The lowest BCUT2D eigenvalue weighted by Crippen LogP contribution is -2.74. The lowest BCUT2D eigenvalue weighted by atomic mass is 9.49. The van der Waals surface area contributed by atoms with Gasteiger partial charge in [0, 0.05) is 74.4 Å². The van der Waals surface area contributed by atoms with E-state index in [1.165, 1.54) is 0 Å². The van der Waals surface area contributed by atoms with Gasteiger partial charge in [-0.3, -0.25) is 9.69 Å². The second-order valence-corrected chi connectivity index (χ2v) is 14.7. The monoisotopic (exact) mass is 622 g/mol. The van der Waals surface area contributed by atoms with E-state index in [4.69, 9.17) is 26.3 Å². The number of carbonyl (C=O) groups excluding carboxylic acids is 2. The average Bonchev–Trinajstić information content (AvgIpc) is 2.93. The molecule has 3 heterocycles. The van der Waals surface area contributed by atoms with E-state index in [2.05, 4.69) is 53.9 Å². The van der Waals surface area contributed by atoms with Gasteiger partial charge in [-0.05, 0) is 45.0 Å². The average molecular weight is 623 g/mol. The molecule has 2 aliphatic heterocycles. The normalized spacial score (nSPS) is 23.2. The van der Waals surface area contributed by atoms with Crippen LogP contribution < -0.4 is 15.0 Å². The molecule has 0 bridgehead atoms. The van der Waals surface area contributed by atoms with E-state index in [9.17, 15) is 9.59 Å². The number of rotatable bonds is 6. The molecule has 2 saturated heterocycles. The number of benzene rings is 1. The van der Waals surface area contributed by atoms with Gasteiger partial charge in [0.1, 0.15) is 29.3 Å². The van der Waals surface area contributed by atoms with Gasteiger partial charge in [0.2, 0.25) is 0 Å². The molecule has 11 heteroatoms. The predicted molar refractivity (Wildman–Crippen MR) is 169 cm³/mol. The van der Waals surface area contributed by atoms with Gasteiger partial charge in [0.25, 0.3) is 5.91 Å². The van der Waals surface area contributed by atoms with Crippen LogP contribution in [0.25, 0.3) is 0 Å². The molecule has 5 rings (SSSR count). The summed E-state index contributed by atoms with van der Waals surface area (Å²) in [4.78, 5) is 36.6. The number of carbonyl (C=O) groups is 2. The first-order chi connectivity index (χ1) is 20.6. The predicted octanol–water partition coefficient (Wildman–Crippen LogP) is 4.96. The molecule has 0 radical (unpaired) electrons. The number of nitriles is 1. The Hall–Kier alpha value is -3.55. The molecule has 1 aliphatic carbocycles. The number of hydrogen-bond acceptors (Lipinski definition) is 8. The first kappa shape index (κ1) is 31.9. The number of ether oxygens (including phenoxy) is 2. The number of nitrogens with zero attached hydrogens (tertiary/aromatic N) is 5. The Labute approximate surface area is 265 Å². The Morgan fingerprint density at radius 2 is 1.70 bits per heavy atom. The minimum absolute atomic E-state index is 0.133. The summed E-state index contributed by atoms with van der Waals surface area (Å²) in [5, 5.41) is 12.7. The lowest BCUT2D eigenvalue weighted by Gasteiger charge is -2.63. The smallest absolute Gasteiger partial charge is 0.410 e. The van der Waals surface area contributed by atoms with Crippen LogP contribution in [0.3, 0.4) is 0 Å². The molecular formula is C33H43ClN6O4. The van der Waals surface area contributed by atoms with Crippen LogP contribution in [-0.2, 0) is 4.74 Å². The quantitative estimate of drug-likeness (QED) is 0.481. The fourth-order valence-electron chi connectivity index (χ4n) is 7.00. The van der Waals surface area contributed by atoms with E-state index in [1.54, 1.807) is 29.3 Å². The SMILES string of the molecule is CC(C)(C)OC(=O)N1CC(N2CCN(c3ccc(C(=O)NC4C(C)(C)C(Oc5ccc(C#N)c(Cl)c5)C4(C)C)cn3)CC2)C1. The van der Waals surface area contributed by atoms with E-state index in [1.807, 2.05) is 32.9 Å². The van der Waals surface area contributed by atoms with Crippen LogP contribution in [0.1, 0.15) is 64.4 Å². The van der Waals surface area contributed by atoms with Crippen molar-refractivity contribution >= 4 is 29.4 Å². The molecule has 44 heavy (non-hydrogen) atoms. The van der Waals surface area contributed by atoms with Gasteiger partial charge >= 0.3 is 6.09 Å². The van der Waals surface area contributed by atoms with Crippen molar-refractivity contribution in [3.63, 3.8) is 0 Å². The van der Waals surface area contributed by atoms with Crippen molar-refractivity contribution in [1.82, 2.24) is 20.1 Å². The van der Waals surface area contributed by atoms with Crippen molar-refractivity contribution in [3.05, 3.63) is 52.7 Å². The highest BCUT2D eigenvalue weighted by molar-refractivity contribution is 6.31. The molecule has 3 fully saturated rings. The van der Waals surface area contributed by atoms with E-state index >= 15 is 0 Å². The highest BCUT2D eigenvalue weighted by Crippen LogP contribution is 2.55. The second-order valence-electron chi connectivity index (χ2n) is 14.3. The van der Waals surface area contributed by atoms with Gasteiger partial charge in [-0.15, -0.1) is 0 Å². The number of likely N-dealkylation sites (tertiary alicyclic amines) is 1. The van der Waals surface area contributed by atoms with Crippen molar-refractivity contribution in [2.24, 2.45) is 10.8 Å². The summed E-state index contributed by atoms with van der Waals surface area (Å²) >= 11 is 6.21. The fraction of sp³-hybridized carbons (Fsp3) is 0.576. The Morgan fingerprint density at radius 1 is 1.05 bits per heavy atom. The van der Waals surface area contributed by atoms with Crippen LogP contribution in [-0.4, -0.2) is 89.8 Å². The standard InChI is InChI=1S/C33H43ClN6O4/c1-31(2,3)44-30(42)40-19-23(20-40)38-12-14-39(15-13-38)26-11-9-22(18-36-26)27(41)37-28-32(4,5)29(33(28,6)7)43-24-10-8-21(17-35)25(34)16-24/h8-11,16,18,23,28-29H,12-15,19-20H2,1-7H3,(H,37,41). The number of hydrogen-bond donors (Lipinski definition) is 1. The molecule has 0 unspecified atom stereocenters. The van der Waals surface area contributed by atoms with Crippen LogP contribution in [0.2, 0.25) is 5.02 Å². The molecule has 1 N–H and O–H groups in total. The molecule has 3 aliphatic rings. The van der Waals surface area contributed by atoms with E-state index < -0.39 is 5.60 Å². The molecule has 1 aromatic carbocycles. The second kappa shape index (κ2) is 11.8. The Balaban J connectivity index is 1.11. The Bertz CT molecular complexity index is 1420. The van der Waals surface area contributed by atoms with Crippen molar-refractivity contribution in [2.45, 2.75) is 72.3 Å². The highest BCUT2D eigenvalue weighted by Gasteiger charge is 2.64. The van der Waals surface area contributed by atoms with Crippen LogP contribution in [0.5, 0.6) is 5.75 Å². The first-order valence-electron chi connectivity index (χ1n) is 15.2. The third kappa shape index (κ3) is 6.31. The number of aromatic nitrogens is 1. The van der Waals surface area contributed by atoms with Gasteiger partial charge in [-0.25, -0.2) is 9.78 Å². The van der Waals surface area contributed by atoms with Crippen LogP contribution >= 0.6 is 11.6 Å². The summed E-state index contributed by atoms with van der Waals surface area (Å²) in [6.07, 6.45) is 1.23. The summed E-state index contributed by atoms with van der Waals surface area (Å²) in [5.74, 6) is 1.28. The number of pyridine rings is 1. The number of nitrogens with one attached hydrogen (secondary N) is 1. The molecule has 1 aromatic heterocycles. The molecule has 2 aromatic rings. The van der Waals surface area contributed by atoms with Crippen molar-refractivity contribution in [3.8, 4) is 11.8 Å². The maximum atomic E-state index is 13.3. The van der Waals surface area contributed by atoms with E-state index in [-0.39, 0.29) is 35.0 Å². The number of halogens is 1. The van der Waals surface area contributed by atoms with Crippen molar-refractivity contribution in [1.29, 1.82) is 5.26 Å². The molecule has 10 nitrogen and oxygen atoms in total. The van der Waals surface area contributed by atoms with Crippen LogP contribution in [0, 0.1) is 22.2 Å². The minimum atomic E-state index is -0.483. The third-order valence-corrected chi connectivity index (χ3v) is 9.42. The lowest BCUT2D eigenvalue weighted by molar-refractivity contribution is -0.164. The topological polar surface area (TPSA) is 111 Å². The molecule has 0 atom stereocenters. The van der Waals surface area contributed by atoms with Gasteiger partial charge in [-0.2, -0.15) is 5.26 Å². The number of amides is 2. The van der Waals surface area contributed by atoms with Gasteiger partial charge < -0.3 is 24.6 Å². The summed E-state index contributed by atoms with van der Waals surface area (Å²) in [6.45, 7) is 18.8. The van der Waals surface area contributed by atoms with Crippen LogP contribution in [0.15, 0.2) is 36.5 Å². The zero-order valence-corrected chi connectivity index (χ0v) is 27.4. The highest BCUT2D eigenvalue weighted by atomic mass is 35.5. The fourth-order valence-corrected chi connectivity index (χ4v) is 7.21. The van der Waals surface area contributed by atoms with Gasteiger partial charge in [-0.1, -0.05) is 39.3 Å². The summed E-state index contributed by atoms with van der Waals surface area (Å²) in [5.41, 5.74) is -0.268. The summed E-state index contributed by atoms with van der Waals surface area (Å²) in [7, 11) is 0. The molecule has 236 valence electrons. The number of anilines is 1. The summed E-state index contributed by atoms with van der Waals surface area (Å²) < 4.78 is 11.8. The maximum Gasteiger partial charge on any atom is 0.410 e. The molecule has 1 saturated carbocycles. The Morgan fingerprint density at radius 3 is 2.25 bits per heavy atom. The van der Waals surface area contributed by atoms with E-state index in [0.717, 1.165) is 32.0 Å². The van der Waals surface area contributed by atoms with Gasteiger partial charge in [0.15, 0.2) is 0 Å². The molecular weight excluding hydrogens is 580 g/mol. The third-order valence-electron chi connectivity index (χ3n) is 9.11. The zero-order valence-electron chi connectivity index (χ0n) is 26.7. The van der Waals surface area contributed by atoms with Crippen LogP contribution in [0.4, 0.5) is 10.6 Å². The Kier molecular flexibility index (Phi) is 8.51.